The molecule has 0 N–H and O–H groups in total. The number of rotatable bonds is 4. The van der Waals surface area contributed by atoms with Crippen molar-refractivity contribution in [2.24, 2.45) is 0 Å². The first-order valence-electron chi connectivity index (χ1n) is 10.4. The van der Waals surface area contributed by atoms with Crippen molar-refractivity contribution in [1.82, 2.24) is 9.47 Å². The second kappa shape index (κ2) is 10.1. The van der Waals surface area contributed by atoms with Crippen LogP contribution < -0.4 is 0 Å². The van der Waals surface area contributed by atoms with E-state index in [2.05, 4.69) is 0 Å². The number of aromatic nitrogens is 1. The summed E-state index contributed by atoms with van der Waals surface area (Å²) in [5, 5.41) is 0.722. The second-order valence-electron chi connectivity index (χ2n) is 9.29. The number of nitrogens with zero attached hydrogens (tertiary/aromatic N) is 2. The predicted octanol–water partition coefficient (Wildman–Crippen LogP) is 6.37. The summed E-state index contributed by atoms with van der Waals surface area (Å²) in [5.74, 6) is -0.616. The molecular formula is C24H31IN2O5. The van der Waals surface area contributed by atoms with Crippen molar-refractivity contribution in [1.29, 1.82) is 0 Å². The van der Waals surface area contributed by atoms with E-state index in [1.807, 2.05) is 53.8 Å². The zero-order valence-corrected chi connectivity index (χ0v) is 21.8. The first-order valence-corrected chi connectivity index (χ1v) is 11.5. The number of hydrogen-bond donors (Lipinski definition) is 0. The largest absolute Gasteiger partial charge is 0.443 e. The summed E-state index contributed by atoms with van der Waals surface area (Å²) >= 11 is 2.03. The minimum absolute atomic E-state index is 0.0763. The Bertz CT molecular complexity index is 1040. The molecule has 1 heterocycles. The summed E-state index contributed by atoms with van der Waals surface area (Å²) < 4.78 is 12.9. The summed E-state index contributed by atoms with van der Waals surface area (Å²) in [6, 6.07) is 7.18. The van der Waals surface area contributed by atoms with Crippen molar-refractivity contribution in [3.8, 4) is 0 Å². The number of fused-ring (bicyclic) bond motifs is 1. The van der Waals surface area contributed by atoms with Crippen LogP contribution in [0.25, 0.3) is 10.9 Å². The molecule has 0 aliphatic rings. The monoisotopic (exact) mass is 554 g/mol. The molecule has 0 aliphatic heterocycles. The van der Waals surface area contributed by atoms with E-state index in [4.69, 9.17) is 9.47 Å². The van der Waals surface area contributed by atoms with Gasteiger partial charge in [-0.1, -0.05) is 30.4 Å². The van der Waals surface area contributed by atoms with Crippen LogP contribution in [0.1, 0.15) is 65.4 Å². The highest BCUT2D eigenvalue weighted by Gasteiger charge is 2.34. The number of hydrogen-bond acceptors (Lipinski definition) is 5. The second-order valence-corrected chi connectivity index (χ2v) is 10.4. The highest BCUT2D eigenvalue weighted by atomic mass is 127. The molecule has 1 aromatic heterocycles. The Balaban J connectivity index is 2.64. The Kier molecular flexibility index (Phi) is 8.14. The van der Waals surface area contributed by atoms with Crippen molar-refractivity contribution in [2.75, 3.05) is 6.54 Å². The number of amides is 2. The normalized spacial score (nSPS) is 12.2. The van der Waals surface area contributed by atoms with Gasteiger partial charge in [-0.15, -0.1) is 0 Å². The van der Waals surface area contributed by atoms with Crippen LogP contribution >= 0.6 is 22.6 Å². The van der Waals surface area contributed by atoms with Gasteiger partial charge in [0.1, 0.15) is 16.9 Å². The van der Waals surface area contributed by atoms with Crippen LogP contribution in [0, 0.1) is 3.57 Å². The molecule has 0 fully saturated rings. The lowest BCUT2D eigenvalue weighted by Crippen LogP contribution is -2.43. The molecule has 2 aromatic rings. The number of benzene rings is 1. The number of ether oxygens (including phenoxy) is 2. The minimum atomic E-state index is -0.777. The van der Waals surface area contributed by atoms with Crippen LogP contribution in [0.3, 0.4) is 0 Å². The molecule has 2 amide bonds. The molecule has 0 saturated carbocycles. The van der Waals surface area contributed by atoms with E-state index < -0.39 is 29.3 Å². The number of carbonyl (C=O) groups is 3. The van der Waals surface area contributed by atoms with Gasteiger partial charge in [-0.3, -0.25) is 4.79 Å². The summed E-state index contributed by atoms with van der Waals surface area (Å²) in [6.45, 7) is 12.5. The average molecular weight is 554 g/mol. The highest BCUT2D eigenvalue weighted by molar-refractivity contribution is 14.1. The third-order valence-electron chi connectivity index (χ3n) is 4.21. The molecule has 0 radical (unpaired) electrons. The quantitative estimate of drug-likeness (QED) is 0.324. The lowest BCUT2D eigenvalue weighted by atomic mass is 10.2. The molecule has 174 valence electrons. The minimum Gasteiger partial charge on any atom is -0.443 e. The zero-order valence-electron chi connectivity index (χ0n) is 19.7. The molecule has 8 heteroatoms. The molecule has 7 nitrogen and oxygen atoms in total. The van der Waals surface area contributed by atoms with Crippen LogP contribution in [0.4, 0.5) is 9.59 Å². The van der Waals surface area contributed by atoms with Crippen LogP contribution in [0.2, 0.25) is 0 Å². The third-order valence-corrected chi connectivity index (χ3v) is 5.30. The maximum atomic E-state index is 13.7. The number of allylic oxidation sites excluding steroid dienone is 1. The maximum absolute atomic E-state index is 13.7. The predicted molar refractivity (Wildman–Crippen MR) is 133 cm³/mol. The fourth-order valence-electron chi connectivity index (χ4n) is 2.98. The maximum Gasteiger partial charge on any atom is 0.419 e. The van der Waals surface area contributed by atoms with Gasteiger partial charge in [-0.2, -0.15) is 0 Å². The van der Waals surface area contributed by atoms with Crippen LogP contribution in [0.5, 0.6) is 0 Å². The van der Waals surface area contributed by atoms with E-state index >= 15 is 0 Å². The van der Waals surface area contributed by atoms with Gasteiger partial charge in [0.25, 0.3) is 5.91 Å². The number of halogens is 1. The summed E-state index contributed by atoms with van der Waals surface area (Å²) in [4.78, 5) is 40.8. The fraction of sp³-hybridized carbons (Fsp3) is 0.458. The standard InChI is InChI=1S/C24H31IN2O5/c1-8-9-12-15-26(21(29)31-23(2,3)4)20(28)19-18(25)16-13-10-11-14-17(16)27(19)22(30)32-24(5,6)7/h8-11,13-14H,12,15H2,1-7H3/b9-8+. The Morgan fingerprint density at radius 2 is 1.62 bits per heavy atom. The SMILES string of the molecule is C/C=C/CCN(C(=O)OC(C)(C)C)C(=O)c1c(I)c2ccccc2n1C(=O)OC(C)(C)C. The lowest BCUT2D eigenvalue weighted by molar-refractivity contribution is 0.0234. The molecule has 0 saturated heterocycles. The van der Waals surface area contributed by atoms with E-state index in [0.717, 1.165) is 10.3 Å². The van der Waals surface area contributed by atoms with E-state index in [1.54, 1.807) is 53.7 Å². The molecule has 2 rings (SSSR count). The molecule has 0 unspecified atom stereocenters. The Morgan fingerprint density at radius 3 is 2.19 bits per heavy atom. The molecule has 0 spiro atoms. The average Bonchev–Trinajstić information content (AvgIpc) is 2.95. The van der Waals surface area contributed by atoms with Gasteiger partial charge in [0.05, 0.1) is 9.09 Å². The van der Waals surface area contributed by atoms with E-state index in [9.17, 15) is 14.4 Å². The lowest BCUT2D eigenvalue weighted by Gasteiger charge is -2.26. The Hall–Kier alpha value is -2.36. The van der Waals surface area contributed by atoms with Gasteiger partial charge in [0, 0.05) is 11.9 Å². The van der Waals surface area contributed by atoms with Gasteiger partial charge in [-0.25, -0.2) is 19.1 Å². The Labute approximate surface area is 202 Å². The molecule has 0 bridgehead atoms. The first-order chi connectivity index (χ1) is 14.8. The van der Waals surface area contributed by atoms with Gasteiger partial charge < -0.3 is 9.47 Å². The molecular weight excluding hydrogens is 523 g/mol. The number of imide groups is 1. The van der Waals surface area contributed by atoms with Crippen LogP contribution in [0.15, 0.2) is 36.4 Å². The van der Waals surface area contributed by atoms with Gasteiger partial charge in [-0.05, 0) is 83.5 Å². The molecule has 0 atom stereocenters. The van der Waals surface area contributed by atoms with Crippen LogP contribution in [-0.2, 0) is 9.47 Å². The number of carbonyl (C=O) groups excluding carboxylic acids is 3. The van der Waals surface area contributed by atoms with Crippen molar-refractivity contribution in [2.45, 2.75) is 66.1 Å². The third kappa shape index (κ3) is 6.34. The molecule has 1 aromatic carbocycles. The van der Waals surface area contributed by atoms with Crippen LogP contribution in [-0.4, -0.2) is 45.3 Å². The van der Waals surface area contributed by atoms with Gasteiger partial charge in [0.2, 0.25) is 0 Å². The first kappa shape index (κ1) is 25.9. The van der Waals surface area contributed by atoms with Gasteiger partial charge in [0.15, 0.2) is 0 Å². The van der Waals surface area contributed by atoms with E-state index in [0.29, 0.717) is 15.5 Å². The topological polar surface area (TPSA) is 77.8 Å². The van der Waals surface area contributed by atoms with Crippen molar-refractivity contribution in [3.63, 3.8) is 0 Å². The molecule has 0 aliphatic carbocycles. The summed E-state index contributed by atoms with van der Waals surface area (Å²) in [7, 11) is 0. The van der Waals surface area contributed by atoms with Gasteiger partial charge >= 0.3 is 12.2 Å². The van der Waals surface area contributed by atoms with Crippen molar-refractivity contribution < 1.29 is 23.9 Å². The van der Waals surface area contributed by atoms with E-state index in [1.165, 1.54) is 4.57 Å². The summed E-state index contributed by atoms with van der Waals surface area (Å²) in [6.07, 6.45) is 2.73. The zero-order chi connectivity index (χ0) is 24.3. The highest BCUT2D eigenvalue weighted by Crippen LogP contribution is 2.30. The van der Waals surface area contributed by atoms with Crippen molar-refractivity contribution >= 4 is 51.6 Å². The summed E-state index contributed by atoms with van der Waals surface area (Å²) in [5.41, 5.74) is -0.925. The number of para-hydroxylation sites is 1. The van der Waals surface area contributed by atoms with E-state index in [-0.39, 0.29) is 12.2 Å². The van der Waals surface area contributed by atoms with Crippen molar-refractivity contribution in [3.05, 3.63) is 45.7 Å². The Morgan fingerprint density at radius 1 is 1.03 bits per heavy atom. The fourth-order valence-corrected chi connectivity index (χ4v) is 3.91. The smallest absolute Gasteiger partial charge is 0.419 e. The molecule has 32 heavy (non-hydrogen) atoms.